The number of carbonyl (C=O) groups excluding carboxylic acids is 1. The SMILES string of the molecule is CC(C)OC(=O)[C@H](C)N[P@@](=O)(OC[C@@]1(F)O[C@@H](n2ccc(N)nc2=O)[C@](C)(O)[C@@H]1O)Oc1cccc2ccccc12. The van der Waals surface area contributed by atoms with E-state index in [1.807, 2.05) is 0 Å². The number of aliphatic hydroxyl groups excluding tert-OH is 1. The average Bonchev–Trinajstić information content (AvgIpc) is 3.07. The monoisotopic (exact) mass is 594 g/mol. The molecule has 41 heavy (non-hydrogen) atoms. The summed E-state index contributed by atoms with van der Waals surface area (Å²) in [7, 11) is -4.63. The Hall–Kier alpha value is -3.39. The number of nitrogens with zero attached hydrogens (tertiary/aromatic N) is 2. The van der Waals surface area contributed by atoms with E-state index in [1.165, 1.54) is 19.1 Å². The van der Waals surface area contributed by atoms with Crippen molar-refractivity contribution in [3.8, 4) is 5.75 Å². The molecular formula is C26H32FN4O9P. The second kappa shape index (κ2) is 11.5. The van der Waals surface area contributed by atoms with Crippen LogP contribution in [-0.4, -0.2) is 62.0 Å². The maximum atomic E-state index is 16.1. The van der Waals surface area contributed by atoms with Crippen LogP contribution in [0.3, 0.4) is 0 Å². The second-order valence-corrected chi connectivity index (χ2v) is 11.8. The van der Waals surface area contributed by atoms with Crippen molar-refractivity contribution in [2.45, 2.75) is 63.6 Å². The van der Waals surface area contributed by atoms with Crippen molar-refractivity contribution in [1.82, 2.24) is 14.6 Å². The molecule has 4 rings (SSSR count). The number of rotatable bonds is 10. The zero-order valence-electron chi connectivity index (χ0n) is 22.8. The fourth-order valence-electron chi connectivity index (χ4n) is 4.29. The lowest BCUT2D eigenvalue weighted by molar-refractivity contribution is -0.204. The highest BCUT2D eigenvalue weighted by atomic mass is 31.2. The largest absolute Gasteiger partial charge is 0.462 e. The van der Waals surface area contributed by atoms with Crippen LogP contribution >= 0.6 is 7.75 Å². The molecule has 0 radical (unpaired) electrons. The van der Waals surface area contributed by atoms with Crippen LogP contribution in [0.2, 0.25) is 0 Å². The number of nitrogens with two attached hydrogens (primary N) is 1. The van der Waals surface area contributed by atoms with Crippen LogP contribution in [0.25, 0.3) is 10.8 Å². The molecule has 0 bridgehead atoms. The molecule has 13 nitrogen and oxygen atoms in total. The van der Waals surface area contributed by atoms with E-state index < -0.39 is 61.9 Å². The van der Waals surface area contributed by atoms with Gasteiger partial charge in [0, 0.05) is 11.6 Å². The third kappa shape index (κ3) is 6.43. The average molecular weight is 595 g/mol. The van der Waals surface area contributed by atoms with Crippen LogP contribution in [0.5, 0.6) is 5.75 Å². The Bertz CT molecular complexity index is 1530. The van der Waals surface area contributed by atoms with Gasteiger partial charge in [-0.1, -0.05) is 36.4 Å². The van der Waals surface area contributed by atoms with Crippen molar-refractivity contribution < 1.29 is 42.5 Å². The molecule has 2 aromatic carbocycles. The van der Waals surface area contributed by atoms with Crippen molar-refractivity contribution in [1.29, 1.82) is 0 Å². The number of benzene rings is 2. The molecule has 0 amide bonds. The lowest BCUT2D eigenvalue weighted by atomic mass is 9.95. The number of ether oxygens (including phenoxy) is 2. The highest BCUT2D eigenvalue weighted by molar-refractivity contribution is 7.52. The first-order valence-corrected chi connectivity index (χ1v) is 14.2. The Morgan fingerprint density at radius 1 is 1.24 bits per heavy atom. The number of halogens is 1. The molecule has 1 saturated heterocycles. The number of hydrogen-bond acceptors (Lipinski definition) is 11. The van der Waals surface area contributed by atoms with Gasteiger partial charge in [0.05, 0.1) is 6.10 Å². The van der Waals surface area contributed by atoms with Gasteiger partial charge in [-0.3, -0.25) is 13.9 Å². The molecule has 6 atom stereocenters. The van der Waals surface area contributed by atoms with Crippen molar-refractivity contribution in [2.24, 2.45) is 0 Å². The summed E-state index contributed by atoms with van der Waals surface area (Å²) in [5.41, 5.74) is 2.15. The number of fused-ring (bicyclic) bond motifs is 1. The predicted octanol–water partition coefficient (Wildman–Crippen LogP) is 2.42. The lowest BCUT2D eigenvalue weighted by Crippen LogP contribution is -2.50. The van der Waals surface area contributed by atoms with Crippen LogP contribution in [-0.2, 0) is 23.4 Å². The summed E-state index contributed by atoms with van der Waals surface area (Å²) in [6, 6.07) is 11.9. The number of anilines is 1. The van der Waals surface area contributed by atoms with Gasteiger partial charge in [-0.15, -0.1) is 0 Å². The normalized spacial score (nSPS) is 26.5. The maximum absolute atomic E-state index is 16.1. The van der Waals surface area contributed by atoms with Gasteiger partial charge in [-0.2, -0.15) is 10.1 Å². The van der Waals surface area contributed by atoms with Gasteiger partial charge in [0.1, 0.15) is 35.9 Å². The van der Waals surface area contributed by atoms with Gasteiger partial charge in [-0.05, 0) is 45.2 Å². The van der Waals surface area contributed by atoms with Gasteiger partial charge in [-0.25, -0.2) is 13.8 Å². The van der Waals surface area contributed by atoms with Crippen molar-refractivity contribution in [2.75, 3.05) is 12.3 Å². The van der Waals surface area contributed by atoms with Gasteiger partial charge < -0.3 is 29.9 Å². The number of aromatic nitrogens is 2. The van der Waals surface area contributed by atoms with Crippen molar-refractivity contribution >= 4 is 30.3 Å². The number of carbonyl (C=O) groups is 1. The van der Waals surface area contributed by atoms with Crippen LogP contribution in [0.15, 0.2) is 59.5 Å². The summed E-state index contributed by atoms with van der Waals surface area (Å²) < 4.78 is 52.5. The standard InChI is InChI=1S/C26H32FN4O9P/c1-15(2)38-21(32)16(3)30-41(36,40-19-11-7-9-17-8-5-6-10-18(17)19)37-14-26(27)22(33)25(4,35)23(39-26)31-13-12-20(28)29-24(31)34/h5-13,15-16,22-23,33,35H,14H2,1-4H3,(H,30,36)(H2,28,29,34)/t16-,22-,23+,25+,26+,41+/m0/s1. The molecule has 2 heterocycles. The minimum absolute atomic E-state index is 0.0912. The number of hydrogen-bond donors (Lipinski definition) is 4. The Balaban J connectivity index is 1.64. The molecular weight excluding hydrogens is 562 g/mol. The first kappa shape index (κ1) is 30.6. The first-order valence-electron chi connectivity index (χ1n) is 12.7. The van der Waals surface area contributed by atoms with E-state index in [-0.39, 0.29) is 11.6 Å². The summed E-state index contributed by atoms with van der Waals surface area (Å²) in [6.45, 7) is 4.40. The highest BCUT2D eigenvalue weighted by Gasteiger charge is 2.64. The molecule has 0 spiro atoms. The van der Waals surface area contributed by atoms with Gasteiger partial charge in [0.25, 0.3) is 5.85 Å². The highest BCUT2D eigenvalue weighted by Crippen LogP contribution is 2.51. The Morgan fingerprint density at radius 2 is 1.93 bits per heavy atom. The van der Waals surface area contributed by atoms with E-state index in [1.54, 1.807) is 50.2 Å². The van der Waals surface area contributed by atoms with Gasteiger partial charge in [0.2, 0.25) is 0 Å². The molecule has 5 N–H and O–H groups in total. The van der Waals surface area contributed by atoms with E-state index in [2.05, 4.69) is 10.1 Å². The number of alkyl halides is 1. The summed E-state index contributed by atoms with van der Waals surface area (Å²) in [5.74, 6) is -4.01. The number of aliphatic hydroxyl groups is 2. The lowest BCUT2D eigenvalue weighted by Gasteiger charge is -2.29. The van der Waals surface area contributed by atoms with Gasteiger partial charge in [0.15, 0.2) is 6.23 Å². The predicted molar refractivity (Wildman–Crippen MR) is 145 cm³/mol. The van der Waals surface area contributed by atoms with E-state index in [4.69, 9.17) is 24.3 Å². The summed E-state index contributed by atoms with van der Waals surface area (Å²) in [4.78, 5) is 28.3. The van der Waals surface area contributed by atoms with Crippen molar-refractivity contribution in [3.05, 3.63) is 65.2 Å². The molecule has 15 heteroatoms. The number of nitrogen functional groups attached to an aromatic ring is 1. The number of nitrogens with one attached hydrogen (secondary N) is 1. The minimum atomic E-state index is -4.63. The second-order valence-electron chi connectivity index (χ2n) is 10.1. The summed E-state index contributed by atoms with van der Waals surface area (Å²) >= 11 is 0. The van der Waals surface area contributed by atoms with Crippen LogP contribution in [0, 0.1) is 0 Å². The number of esters is 1. The summed E-state index contributed by atoms with van der Waals surface area (Å²) in [5, 5.41) is 25.4. The van der Waals surface area contributed by atoms with E-state index >= 15 is 4.39 Å². The molecule has 222 valence electrons. The van der Waals surface area contributed by atoms with Crippen LogP contribution in [0.1, 0.15) is 33.9 Å². The Labute approximate surface area is 234 Å². The van der Waals surface area contributed by atoms with Crippen LogP contribution in [0.4, 0.5) is 10.2 Å². The molecule has 1 fully saturated rings. The zero-order chi connectivity index (χ0) is 30.2. The molecule has 0 aliphatic carbocycles. The Kier molecular flexibility index (Phi) is 8.55. The maximum Gasteiger partial charge on any atom is 0.459 e. The molecule has 3 aromatic rings. The fourth-order valence-corrected chi connectivity index (χ4v) is 5.81. The minimum Gasteiger partial charge on any atom is -0.462 e. The quantitative estimate of drug-likeness (QED) is 0.199. The first-order chi connectivity index (χ1) is 19.1. The molecule has 0 unspecified atom stereocenters. The fraction of sp³-hybridized carbons (Fsp3) is 0.423. The van der Waals surface area contributed by atoms with Gasteiger partial charge >= 0.3 is 19.4 Å². The van der Waals surface area contributed by atoms with E-state index in [0.717, 1.165) is 23.1 Å². The third-order valence-electron chi connectivity index (χ3n) is 6.33. The molecule has 1 aliphatic heterocycles. The topological polar surface area (TPSA) is 184 Å². The van der Waals surface area contributed by atoms with Crippen molar-refractivity contribution in [3.63, 3.8) is 0 Å². The Morgan fingerprint density at radius 3 is 2.61 bits per heavy atom. The van der Waals surface area contributed by atoms with Crippen LogP contribution < -0.4 is 21.0 Å². The molecule has 1 aliphatic rings. The molecule has 1 aromatic heterocycles. The smallest absolute Gasteiger partial charge is 0.459 e. The summed E-state index contributed by atoms with van der Waals surface area (Å²) in [6.07, 6.45) is -3.43. The van der Waals surface area contributed by atoms with E-state index in [9.17, 15) is 24.4 Å². The third-order valence-corrected chi connectivity index (χ3v) is 7.94. The van der Waals surface area contributed by atoms with E-state index in [0.29, 0.717) is 5.39 Å². The molecule has 0 saturated carbocycles. The zero-order valence-corrected chi connectivity index (χ0v) is 23.7.